The van der Waals surface area contributed by atoms with Crippen LogP contribution >= 0.6 is 11.3 Å². The van der Waals surface area contributed by atoms with Crippen LogP contribution in [0.1, 0.15) is 17.4 Å². The average molecular weight is 407 g/mol. The molecule has 0 radical (unpaired) electrons. The van der Waals surface area contributed by atoms with Gasteiger partial charge < -0.3 is 14.8 Å². The summed E-state index contributed by atoms with van der Waals surface area (Å²) in [4.78, 5) is 20.7. The third-order valence-electron chi connectivity index (χ3n) is 3.84. The fourth-order valence-corrected chi connectivity index (χ4v) is 3.25. The Morgan fingerprint density at radius 2 is 1.76 bits per heavy atom. The van der Waals surface area contributed by atoms with Crippen LogP contribution in [0.25, 0.3) is 10.8 Å². The van der Waals surface area contributed by atoms with Gasteiger partial charge in [0.2, 0.25) is 0 Å². The van der Waals surface area contributed by atoms with Gasteiger partial charge in [0, 0.05) is 11.1 Å². The number of carbonyl (C=O) groups is 1. The summed E-state index contributed by atoms with van der Waals surface area (Å²) >= 11 is 1.32. The number of anilines is 1. The molecular weight excluding hydrogens is 390 g/mol. The summed E-state index contributed by atoms with van der Waals surface area (Å²) in [5, 5.41) is 11.6. The zero-order valence-electron chi connectivity index (χ0n) is 15.5. The van der Waals surface area contributed by atoms with Crippen LogP contribution in [0.2, 0.25) is 0 Å². The van der Waals surface area contributed by atoms with E-state index in [1.165, 1.54) is 17.7 Å². The second-order valence-electron chi connectivity index (χ2n) is 5.86. The molecule has 29 heavy (non-hydrogen) atoms. The SMILES string of the molecule is CCOc1ccc(Oc2ccc(NC(=O)c3csc(-c4ncn[nH]4)n3)cc2)cc1. The number of thiazole rings is 1. The molecule has 2 N–H and O–H groups in total. The maximum atomic E-state index is 12.4. The number of H-pyrrole nitrogens is 1. The first-order valence-corrected chi connectivity index (χ1v) is 9.72. The monoisotopic (exact) mass is 407 g/mol. The molecule has 0 spiro atoms. The first-order chi connectivity index (χ1) is 14.2. The Bertz CT molecular complexity index is 1080. The smallest absolute Gasteiger partial charge is 0.275 e. The van der Waals surface area contributed by atoms with Crippen LogP contribution in [-0.2, 0) is 0 Å². The Kier molecular flexibility index (Phi) is 5.48. The second kappa shape index (κ2) is 8.53. The van der Waals surface area contributed by atoms with Crippen LogP contribution in [0.3, 0.4) is 0 Å². The van der Waals surface area contributed by atoms with Gasteiger partial charge in [-0.1, -0.05) is 0 Å². The highest BCUT2D eigenvalue weighted by atomic mass is 32.1. The number of aromatic amines is 1. The van der Waals surface area contributed by atoms with Crippen LogP contribution in [0.5, 0.6) is 17.2 Å². The van der Waals surface area contributed by atoms with E-state index in [0.717, 1.165) is 5.75 Å². The number of carbonyl (C=O) groups excluding carboxylic acids is 1. The van der Waals surface area contributed by atoms with E-state index in [1.807, 2.05) is 31.2 Å². The molecule has 146 valence electrons. The largest absolute Gasteiger partial charge is 0.494 e. The number of aromatic nitrogens is 4. The van der Waals surface area contributed by atoms with Gasteiger partial charge in [-0.2, -0.15) is 5.10 Å². The standard InChI is InChI=1S/C20H17N5O3S/c1-2-27-14-7-9-16(10-8-14)28-15-5-3-13(4-6-15)23-19(26)17-11-29-20(24-17)18-21-12-22-25-18/h3-12H,2H2,1H3,(H,23,26)(H,21,22,25). The number of benzene rings is 2. The minimum Gasteiger partial charge on any atom is -0.494 e. The van der Waals surface area contributed by atoms with Crippen LogP contribution in [-0.4, -0.2) is 32.7 Å². The molecule has 0 saturated heterocycles. The van der Waals surface area contributed by atoms with E-state index in [0.29, 0.717) is 40.3 Å². The molecule has 2 aromatic heterocycles. The van der Waals surface area contributed by atoms with Crippen molar-refractivity contribution in [2.24, 2.45) is 0 Å². The summed E-state index contributed by atoms with van der Waals surface area (Å²) < 4.78 is 11.2. The van der Waals surface area contributed by atoms with Crippen LogP contribution < -0.4 is 14.8 Å². The molecule has 2 aromatic carbocycles. The van der Waals surface area contributed by atoms with Crippen molar-refractivity contribution in [1.82, 2.24) is 20.2 Å². The van der Waals surface area contributed by atoms with Crippen molar-refractivity contribution in [1.29, 1.82) is 0 Å². The van der Waals surface area contributed by atoms with Gasteiger partial charge in [-0.15, -0.1) is 11.3 Å². The molecule has 0 bridgehead atoms. The summed E-state index contributed by atoms with van der Waals surface area (Å²) in [6.07, 6.45) is 1.40. The molecule has 0 aliphatic heterocycles. The Hall–Kier alpha value is -3.72. The number of nitrogens with one attached hydrogen (secondary N) is 2. The van der Waals surface area contributed by atoms with Gasteiger partial charge in [0.25, 0.3) is 5.91 Å². The first kappa shape index (κ1) is 18.6. The fourth-order valence-electron chi connectivity index (χ4n) is 2.50. The van der Waals surface area contributed by atoms with Gasteiger partial charge in [-0.3, -0.25) is 9.89 Å². The van der Waals surface area contributed by atoms with Crippen LogP contribution in [0, 0.1) is 0 Å². The molecular formula is C20H17N5O3S. The van der Waals surface area contributed by atoms with E-state index in [1.54, 1.807) is 29.6 Å². The lowest BCUT2D eigenvalue weighted by Gasteiger charge is -2.08. The molecule has 4 rings (SSSR count). The van der Waals surface area contributed by atoms with E-state index < -0.39 is 0 Å². The molecule has 9 heteroatoms. The molecule has 2 heterocycles. The summed E-state index contributed by atoms with van der Waals surface area (Å²) in [5.74, 6) is 2.39. The number of nitrogens with zero attached hydrogens (tertiary/aromatic N) is 3. The maximum absolute atomic E-state index is 12.4. The van der Waals surface area contributed by atoms with Crippen LogP contribution in [0.15, 0.2) is 60.2 Å². The average Bonchev–Trinajstić information content (AvgIpc) is 3.43. The highest BCUT2D eigenvalue weighted by molar-refractivity contribution is 7.13. The minimum atomic E-state index is -0.299. The third-order valence-corrected chi connectivity index (χ3v) is 4.69. The fraction of sp³-hybridized carbons (Fsp3) is 0.100. The molecule has 4 aromatic rings. The van der Waals surface area contributed by atoms with Crippen molar-refractivity contribution in [2.75, 3.05) is 11.9 Å². The quantitative estimate of drug-likeness (QED) is 0.472. The van der Waals surface area contributed by atoms with E-state index >= 15 is 0 Å². The predicted octanol–water partition coefficient (Wildman–Crippen LogP) is 4.37. The zero-order chi connectivity index (χ0) is 20.1. The van der Waals surface area contributed by atoms with Gasteiger partial charge in [0.15, 0.2) is 10.8 Å². The molecule has 0 aliphatic carbocycles. The van der Waals surface area contributed by atoms with E-state index in [4.69, 9.17) is 9.47 Å². The number of amides is 1. The minimum absolute atomic E-state index is 0.299. The molecule has 1 amide bonds. The van der Waals surface area contributed by atoms with E-state index in [-0.39, 0.29) is 5.91 Å². The van der Waals surface area contributed by atoms with Crippen molar-refractivity contribution in [3.8, 4) is 28.1 Å². The molecule has 0 unspecified atom stereocenters. The highest BCUT2D eigenvalue weighted by Crippen LogP contribution is 2.25. The summed E-state index contributed by atoms with van der Waals surface area (Å²) in [6.45, 7) is 2.56. The lowest BCUT2D eigenvalue weighted by Crippen LogP contribution is -2.12. The number of hydrogen-bond acceptors (Lipinski definition) is 7. The van der Waals surface area contributed by atoms with Gasteiger partial charge >= 0.3 is 0 Å². The summed E-state index contributed by atoms with van der Waals surface area (Å²) in [5.41, 5.74) is 0.958. The lowest BCUT2D eigenvalue weighted by molar-refractivity contribution is 0.102. The molecule has 0 aliphatic rings. The van der Waals surface area contributed by atoms with Crippen molar-refractivity contribution in [3.63, 3.8) is 0 Å². The third kappa shape index (κ3) is 4.58. The number of rotatable bonds is 7. The summed E-state index contributed by atoms with van der Waals surface area (Å²) in [6, 6.07) is 14.5. The second-order valence-corrected chi connectivity index (χ2v) is 6.72. The number of ether oxygens (including phenoxy) is 2. The van der Waals surface area contributed by atoms with Gasteiger partial charge in [-0.05, 0) is 55.5 Å². The van der Waals surface area contributed by atoms with Crippen molar-refractivity contribution >= 4 is 22.9 Å². The van der Waals surface area contributed by atoms with Gasteiger partial charge in [0.1, 0.15) is 29.3 Å². The maximum Gasteiger partial charge on any atom is 0.275 e. The van der Waals surface area contributed by atoms with Gasteiger partial charge in [0.05, 0.1) is 6.61 Å². The summed E-state index contributed by atoms with van der Waals surface area (Å²) in [7, 11) is 0. The number of hydrogen-bond donors (Lipinski definition) is 2. The van der Waals surface area contributed by atoms with Crippen molar-refractivity contribution in [3.05, 3.63) is 65.9 Å². The molecule has 0 fully saturated rings. The Morgan fingerprint density at radius 3 is 2.41 bits per heavy atom. The van der Waals surface area contributed by atoms with Crippen molar-refractivity contribution < 1.29 is 14.3 Å². The zero-order valence-corrected chi connectivity index (χ0v) is 16.3. The van der Waals surface area contributed by atoms with Gasteiger partial charge in [-0.25, -0.2) is 9.97 Å². The molecule has 0 atom stereocenters. The lowest BCUT2D eigenvalue weighted by atomic mass is 10.3. The van der Waals surface area contributed by atoms with Crippen molar-refractivity contribution in [2.45, 2.75) is 6.92 Å². The first-order valence-electron chi connectivity index (χ1n) is 8.84. The van der Waals surface area contributed by atoms with E-state index in [2.05, 4.69) is 25.5 Å². The van der Waals surface area contributed by atoms with E-state index in [9.17, 15) is 4.79 Å². The molecule has 8 nitrogen and oxygen atoms in total. The Balaban J connectivity index is 1.37. The predicted molar refractivity (Wildman–Crippen MR) is 110 cm³/mol. The molecule has 0 saturated carbocycles. The Morgan fingerprint density at radius 1 is 1.07 bits per heavy atom. The highest BCUT2D eigenvalue weighted by Gasteiger charge is 2.13. The normalized spacial score (nSPS) is 10.5. The van der Waals surface area contributed by atoms with Crippen LogP contribution in [0.4, 0.5) is 5.69 Å². The topological polar surface area (TPSA) is 102 Å². The Labute approximate surface area is 170 Å².